The molecule has 1 atom stereocenters. The van der Waals surface area contributed by atoms with Gasteiger partial charge in [0, 0.05) is 38.2 Å². The van der Waals surface area contributed by atoms with Gasteiger partial charge in [0.15, 0.2) is 0 Å². The average Bonchev–Trinajstić information content (AvgIpc) is 3.45. The lowest BCUT2D eigenvalue weighted by molar-refractivity contribution is 0.0855. The molecule has 0 bridgehead atoms. The van der Waals surface area contributed by atoms with Crippen LogP contribution in [0.25, 0.3) is 11.3 Å². The third-order valence-electron chi connectivity index (χ3n) is 5.57. The third kappa shape index (κ3) is 4.73. The van der Waals surface area contributed by atoms with Crippen LogP contribution in [0.5, 0.6) is 5.75 Å². The highest BCUT2D eigenvalue weighted by Crippen LogP contribution is 2.34. The SMILES string of the molecule is Cc1c(Cc2ccc(-c3cnn(C)c3)nc2)cc(C(=O)NCC2CCCO2)c(O)c1Cl. The number of aryl methyl sites for hydroxylation is 1. The quantitative estimate of drug-likeness (QED) is 0.610. The van der Waals surface area contributed by atoms with E-state index in [9.17, 15) is 9.90 Å². The molecule has 1 amide bonds. The van der Waals surface area contributed by atoms with E-state index < -0.39 is 0 Å². The van der Waals surface area contributed by atoms with Crippen LogP contribution >= 0.6 is 11.6 Å². The highest BCUT2D eigenvalue weighted by Gasteiger charge is 2.21. The molecule has 1 aliphatic heterocycles. The lowest BCUT2D eigenvalue weighted by Crippen LogP contribution is -2.32. The van der Waals surface area contributed by atoms with Crippen LogP contribution in [0, 0.1) is 6.92 Å². The maximum absolute atomic E-state index is 12.7. The number of aromatic hydroxyl groups is 1. The Morgan fingerprint density at radius 1 is 1.39 bits per heavy atom. The fraction of sp³-hybridized carbons (Fsp3) is 0.348. The summed E-state index contributed by atoms with van der Waals surface area (Å²) in [6.45, 7) is 2.97. The van der Waals surface area contributed by atoms with Crippen LogP contribution in [0.1, 0.15) is 39.9 Å². The number of halogens is 1. The lowest BCUT2D eigenvalue weighted by Gasteiger charge is -2.15. The number of benzene rings is 1. The molecule has 3 aromatic rings. The Bertz CT molecular complexity index is 1090. The van der Waals surface area contributed by atoms with Gasteiger partial charge in [-0.2, -0.15) is 5.10 Å². The molecule has 1 unspecified atom stereocenters. The summed E-state index contributed by atoms with van der Waals surface area (Å²) in [4.78, 5) is 17.2. The molecule has 8 heteroatoms. The normalized spacial score (nSPS) is 15.9. The van der Waals surface area contributed by atoms with Crippen LogP contribution in [0.4, 0.5) is 0 Å². The molecule has 2 aromatic heterocycles. The smallest absolute Gasteiger partial charge is 0.255 e. The number of hydrogen-bond acceptors (Lipinski definition) is 5. The van der Waals surface area contributed by atoms with Gasteiger partial charge in [0.25, 0.3) is 5.91 Å². The number of amides is 1. The van der Waals surface area contributed by atoms with Gasteiger partial charge in [-0.05, 0) is 55.0 Å². The molecule has 0 aliphatic carbocycles. The van der Waals surface area contributed by atoms with E-state index in [0.29, 0.717) is 13.0 Å². The number of rotatable bonds is 6. The standard InChI is InChI=1S/C23H25ClN4O3/c1-14-16(8-15-5-6-20(25-10-15)17-11-27-28(2)13-17)9-19(22(29)21(14)24)23(30)26-12-18-4-3-7-31-18/h5-6,9-11,13,18,29H,3-4,7-8,12H2,1-2H3,(H,26,30). The summed E-state index contributed by atoms with van der Waals surface area (Å²) in [5.74, 6) is -0.556. The van der Waals surface area contributed by atoms with Crippen molar-refractivity contribution in [2.24, 2.45) is 7.05 Å². The number of aromatic nitrogens is 3. The molecule has 0 saturated carbocycles. The Morgan fingerprint density at radius 2 is 2.23 bits per heavy atom. The second kappa shape index (κ2) is 9.08. The average molecular weight is 441 g/mol. The fourth-order valence-corrected chi connectivity index (χ4v) is 3.95. The van der Waals surface area contributed by atoms with Gasteiger partial charge in [0.05, 0.1) is 28.6 Å². The van der Waals surface area contributed by atoms with Crippen LogP contribution in [0.3, 0.4) is 0 Å². The largest absolute Gasteiger partial charge is 0.506 e. The second-order valence-electron chi connectivity index (χ2n) is 7.85. The molecule has 1 aromatic carbocycles. The van der Waals surface area contributed by atoms with E-state index in [-0.39, 0.29) is 28.3 Å². The molecule has 162 valence electrons. The molecule has 7 nitrogen and oxygen atoms in total. The maximum Gasteiger partial charge on any atom is 0.255 e. The molecule has 1 saturated heterocycles. The van der Waals surface area contributed by atoms with Gasteiger partial charge in [-0.25, -0.2) is 0 Å². The third-order valence-corrected chi connectivity index (χ3v) is 6.03. The number of carbonyl (C=O) groups is 1. The summed E-state index contributed by atoms with van der Waals surface area (Å²) < 4.78 is 7.28. The van der Waals surface area contributed by atoms with Crippen molar-refractivity contribution in [3.8, 4) is 17.0 Å². The molecule has 1 aliphatic rings. The Labute approximate surface area is 186 Å². The van der Waals surface area contributed by atoms with E-state index in [1.165, 1.54) is 0 Å². The number of phenols is 1. The molecule has 3 heterocycles. The number of nitrogens with one attached hydrogen (secondary N) is 1. The van der Waals surface area contributed by atoms with Crippen molar-refractivity contribution in [1.82, 2.24) is 20.1 Å². The van der Waals surface area contributed by atoms with Gasteiger partial charge in [-0.15, -0.1) is 0 Å². The minimum absolute atomic E-state index is 0.0240. The highest BCUT2D eigenvalue weighted by atomic mass is 35.5. The van der Waals surface area contributed by atoms with Gasteiger partial charge in [0.2, 0.25) is 0 Å². The lowest BCUT2D eigenvalue weighted by atomic mass is 9.97. The van der Waals surface area contributed by atoms with E-state index in [1.54, 1.807) is 23.1 Å². The van der Waals surface area contributed by atoms with E-state index in [4.69, 9.17) is 16.3 Å². The topological polar surface area (TPSA) is 89.3 Å². The van der Waals surface area contributed by atoms with Gasteiger partial charge < -0.3 is 15.2 Å². The first-order chi connectivity index (χ1) is 14.9. The van der Waals surface area contributed by atoms with Crippen LogP contribution < -0.4 is 5.32 Å². The monoisotopic (exact) mass is 440 g/mol. The number of hydrogen-bond donors (Lipinski definition) is 2. The van der Waals surface area contributed by atoms with Gasteiger partial charge in [-0.1, -0.05) is 17.7 Å². The van der Waals surface area contributed by atoms with E-state index in [2.05, 4.69) is 15.4 Å². The Hall–Kier alpha value is -2.90. The van der Waals surface area contributed by atoms with Crippen molar-refractivity contribution in [3.63, 3.8) is 0 Å². The van der Waals surface area contributed by atoms with Crippen molar-refractivity contribution in [1.29, 1.82) is 0 Å². The van der Waals surface area contributed by atoms with Crippen LogP contribution in [0.2, 0.25) is 5.02 Å². The minimum Gasteiger partial charge on any atom is -0.506 e. The number of carbonyl (C=O) groups excluding carboxylic acids is 1. The highest BCUT2D eigenvalue weighted by molar-refractivity contribution is 6.33. The van der Waals surface area contributed by atoms with Crippen molar-refractivity contribution in [2.75, 3.05) is 13.2 Å². The zero-order valence-corrected chi connectivity index (χ0v) is 18.3. The predicted octanol–water partition coefficient (Wildman–Crippen LogP) is 3.65. The zero-order chi connectivity index (χ0) is 22.0. The minimum atomic E-state index is -0.360. The molecule has 2 N–H and O–H groups in total. The van der Waals surface area contributed by atoms with E-state index >= 15 is 0 Å². The number of pyridine rings is 1. The molecular weight excluding hydrogens is 416 g/mol. The number of phenolic OH excluding ortho intramolecular Hbond substituents is 1. The Kier molecular flexibility index (Phi) is 6.25. The molecule has 0 radical (unpaired) electrons. The van der Waals surface area contributed by atoms with Crippen molar-refractivity contribution in [2.45, 2.75) is 32.3 Å². The van der Waals surface area contributed by atoms with Crippen LogP contribution in [-0.4, -0.2) is 45.0 Å². The van der Waals surface area contributed by atoms with Crippen LogP contribution in [-0.2, 0) is 18.2 Å². The van der Waals surface area contributed by atoms with Crippen molar-refractivity contribution < 1.29 is 14.6 Å². The molecule has 4 rings (SSSR count). The van der Waals surface area contributed by atoms with Crippen LogP contribution in [0.15, 0.2) is 36.8 Å². The fourth-order valence-electron chi connectivity index (χ4n) is 3.72. The number of ether oxygens (including phenoxy) is 1. The summed E-state index contributed by atoms with van der Waals surface area (Å²) >= 11 is 6.35. The van der Waals surface area contributed by atoms with Crippen molar-refractivity contribution in [3.05, 3.63) is 64.1 Å². The van der Waals surface area contributed by atoms with Gasteiger partial charge in [0.1, 0.15) is 5.75 Å². The molecular formula is C23H25ClN4O3. The zero-order valence-electron chi connectivity index (χ0n) is 17.6. The van der Waals surface area contributed by atoms with E-state index in [1.807, 2.05) is 32.3 Å². The first-order valence-corrected chi connectivity index (χ1v) is 10.6. The van der Waals surface area contributed by atoms with Gasteiger partial charge >= 0.3 is 0 Å². The summed E-state index contributed by atoms with van der Waals surface area (Å²) in [5, 5.41) is 17.7. The van der Waals surface area contributed by atoms with Crippen molar-refractivity contribution >= 4 is 17.5 Å². The first-order valence-electron chi connectivity index (χ1n) is 10.3. The first kappa shape index (κ1) is 21.3. The predicted molar refractivity (Wildman–Crippen MR) is 118 cm³/mol. The van der Waals surface area contributed by atoms with E-state index in [0.717, 1.165) is 47.4 Å². The Balaban J connectivity index is 1.53. The molecule has 0 spiro atoms. The summed E-state index contributed by atoms with van der Waals surface area (Å²) in [7, 11) is 1.86. The second-order valence-corrected chi connectivity index (χ2v) is 8.23. The summed E-state index contributed by atoms with van der Waals surface area (Å²) in [6.07, 6.45) is 7.98. The number of nitrogens with zero attached hydrogens (tertiary/aromatic N) is 3. The Morgan fingerprint density at radius 3 is 2.87 bits per heavy atom. The molecule has 1 fully saturated rings. The van der Waals surface area contributed by atoms with Gasteiger partial charge in [-0.3, -0.25) is 14.5 Å². The molecule has 31 heavy (non-hydrogen) atoms. The summed E-state index contributed by atoms with van der Waals surface area (Å²) in [5.41, 5.74) is 4.54. The maximum atomic E-state index is 12.7. The summed E-state index contributed by atoms with van der Waals surface area (Å²) in [6, 6.07) is 5.64.